The number of rotatable bonds is 5. The summed E-state index contributed by atoms with van der Waals surface area (Å²) in [6, 6.07) is 0.919. The number of hydrogen-bond donors (Lipinski definition) is 1. The molecule has 1 unspecified atom stereocenters. The molecule has 0 aromatic rings. The van der Waals surface area contributed by atoms with E-state index in [4.69, 9.17) is 0 Å². The van der Waals surface area contributed by atoms with Crippen LogP contribution in [0.2, 0.25) is 0 Å². The molecule has 2 rings (SSSR count). The molecule has 2 nitrogen and oxygen atoms in total. The molecular formula is C16H32N2. The van der Waals surface area contributed by atoms with Gasteiger partial charge in [-0.15, -0.1) is 0 Å². The van der Waals surface area contributed by atoms with Crippen molar-refractivity contribution in [1.29, 1.82) is 0 Å². The third kappa shape index (κ3) is 4.55. The average Bonchev–Trinajstić information content (AvgIpc) is 2.63. The molecule has 2 heteroatoms. The highest BCUT2D eigenvalue weighted by atomic mass is 15.2. The van der Waals surface area contributed by atoms with Gasteiger partial charge in [0, 0.05) is 12.6 Å². The zero-order chi connectivity index (χ0) is 12.8. The predicted molar refractivity (Wildman–Crippen MR) is 78.9 cm³/mol. The highest BCUT2D eigenvalue weighted by Gasteiger charge is 2.28. The third-order valence-corrected chi connectivity index (χ3v) is 4.64. The molecule has 1 aliphatic carbocycles. The van der Waals surface area contributed by atoms with Gasteiger partial charge in [0.15, 0.2) is 0 Å². The highest BCUT2D eigenvalue weighted by Crippen LogP contribution is 2.26. The van der Waals surface area contributed by atoms with Gasteiger partial charge in [0.05, 0.1) is 0 Å². The van der Waals surface area contributed by atoms with Crippen LogP contribution in [0, 0.1) is 11.8 Å². The van der Waals surface area contributed by atoms with Crippen LogP contribution < -0.4 is 5.32 Å². The molecule has 18 heavy (non-hydrogen) atoms. The molecule has 2 aliphatic rings. The first-order valence-electron chi connectivity index (χ1n) is 8.20. The summed E-state index contributed by atoms with van der Waals surface area (Å²) in [5.41, 5.74) is 0. The van der Waals surface area contributed by atoms with Gasteiger partial charge in [0.2, 0.25) is 0 Å². The fraction of sp³-hybridized carbons (Fsp3) is 1.00. The van der Waals surface area contributed by atoms with Crippen molar-refractivity contribution >= 4 is 0 Å². The fourth-order valence-electron chi connectivity index (χ4n) is 3.56. The lowest BCUT2D eigenvalue weighted by molar-refractivity contribution is 0.212. The maximum absolute atomic E-state index is 3.64. The molecule has 2 fully saturated rings. The Bertz CT molecular complexity index is 219. The van der Waals surface area contributed by atoms with Crippen molar-refractivity contribution < 1.29 is 0 Å². The monoisotopic (exact) mass is 252 g/mol. The van der Waals surface area contributed by atoms with E-state index in [2.05, 4.69) is 24.1 Å². The first kappa shape index (κ1) is 14.3. The van der Waals surface area contributed by atoms with Gasteiger partial charge in [-0.3, -0.25) is 0 Å². The highest BCUT2D eigenvalue weighted by molar-refractivity contribution is 4.83. The summed E-state index contributed by atoms with van der Waals surface area (Å²) in [6.45, 7) is 9.72. The van der Waals surface area contributed by atoms with Gasteiger partial charge in [0.25, 0.3) is 0 Å². The first-order valence-corrected chi connectivity index (χ1v) is 8.20. The van der Waals surface area contributed by atoms with E-state index in [1.807, 2.05) is 0 Å². The predicted octanol–water partition coefficient (Wildman–Crippen LogP) is 3.28. The Morgan fingerprint density at radius 2 is 1.78 bits per heavy atom. The molecule has 1 heterocycles. The second-order valence-corrected chi connectivity index (χ2v) is 6.85. The Labute approximate surface area is 114 Å². The van der Waals surface area contributed by atoms with Crippen LogP contribution in [0.3, 0.4) is 0 Å². The fourth-order valence-corrected chi connectivity index (χ4v) is 3.56. The summed E-state index contributed by atoms with van der Waals surface area (Å²) in [6.07, 6.45) is 10.2. The topological polar surface area (TPSA) is 15.3 Å². The van der Waals surface area contributed by atoms with Gasteiger partial charge in [0.1, 0.15) is 0 Å². The third-order valence-electron chi connectivity index (χ3n) is 4.64. The molecular weight excluding hydrogens is 220 g/mol. The molecule has 1 saturated heterocycles. The Hall–Kier alpha value is -0.0800. The van der Waals surface area contributed by atoms with Crippen LogP contribution >= 0.6 is 0 Å². The molecule has 0 bridgehead atoms. The van der Waals surface area contributed by atoms with Crippen molar-refractivity contribution in [1.82, 2.24) is 10.2 Å². The quantitative estimate of drug-likeness (QED) is 0.755. The molecule has 0 radical (unpaired) electrons. The molecule has 0 aromatic heterocycles. The van der Waals surface area contributed by atoms with Gasteiger partial charge in [-0.25, -0.2) is 0 Å². The van der Waals surface area contributed by atoms with Crippen LogP contribution in [0.25, 0.3) is 0 Å². The Morgan fingerprint density at radius 3 is 2.44 bits per heavy atom. The second-order valence-electron chi connectivity index (χ2n) is 6.85. The lowest BCUT2D eigenvalue weighted by Gasteiger charge is -2.26. The molecule has 1 aliphatic heterocycles. The van der Waals surface area contributed by atoms with Crippen molar-refractivity contribution in [2.24, 2.45) is 11.8 Å². The minimum atomic E-state index is 0.782. The van der Waals surface area contributed by atoms with Crippen LogP contribution in [0.15, 0.2) is 0 Å². The van der Waals surface area contributed by atoms with Crippen molar-refractivity contribution in [3.63, 3.8) is 0 Å². The minimum absolute atomic E-state index is 0.782. The lowest BCUT2D eigenvalue weighted by atomic mass is 10.1. The van der Waals surface area contributed by atoms with Crippen molar-refractivity contribution in [2.75, 3.05) is 26.2 Å². The SMILES string of the molecule is CC(C)CNCC1CCN(C2CCCCCC2)C1. The normalized spacial score (nSPS) is 27.8. The number of hydrogen-bond acceptors (Lipinski definition) is 2. The smallest absolute Gasteiger partial charge is 0.00953 e. The number of nitrogens with one attached hydrogen (secondary N) is 1. The van der Waals surface area contributed by atoms with Crippen molar-refractivity contribution in [2.45, 2.75) is 64.8 Å². The van der Waals surface area contributed by atoms with Crippen LogP contribution in [0.5, 0.6) is 0 Å². The lowest BCUT2D eigenvalue weighted by Crippen LogP contribution is -2.34. The van der Waals surface area contributed by atoms with Crippen molar-refractivity contribution in [3.05, 3.63) is 0 Å². The largest absolute Gasteiger partial charge is 0.316 e. The molecule has 0 aromatic carbocycles. The van der Waals surface area contributed by atoms with Crippen LogP contribution in [-0.4, -0.2) is 37.1 Å². The maximum Gasteiger partial charge on any atom is 0.00953 e. The minimum Gasteiger partial charge on any atom is -0.316 e. The Kier molecular flexibility index (Phi) is 5.97. The van der Waals surface area contributed by atoms with E-state index < -0.39 is 0 Å². The Balaban J connectivity index is 1.67. The van der Waals surface area contributed by atoms with Gasteiger partial charge in [-0.2, -0.15) is 0 Å². The summed E-state index contributed by atoms with van der Waals surface area (Å²) in [7, 11) is 0. The summed E-state index contributed by atoms with van der Waals surface area (Å²) < 4.78 is 0. The van der Waals surface area contributed by atoms with Gasteiger partial charge in [-0.1, -0.05) is 39.5 Å². The standard InChI is InChI=1S/C16H32N2/c1-14(2)11-17-12-15-9-10-18(13-15)16-7-5-3-4-6-8-16/h14-17H,3-13H2,1-2H3. The second kappa shape index (κ2) is 7.49. The van der Waals surface area contributed by atoms with Gasteiger partial charge >= 0.3 is 0 Å². The van der Waals surface area contributed by atoms with E-state index in [0.717, 1.165) is 17.9 Å². The summed E-state index contributed by atoms with van der Waals surface area (Å²) in [5, 5.41) is 3.64. The average molecular weight is 252 g/mol. The molecule has 1 N–H and O–H groups in total. The summed E-state index contributed by atoms with van der Waals surface area (Å²) in [4.78, 5) is 2.80. The number of nitrogens with zero attached hydrogens (tertiary/aromatic N) is 1. The first-order chi connectivity index (χ1) is 8.75. The number of likely N-dealkylation sites (tertiary alicyclic amines) is 1. The molecule has 106 valence electrons. The molecule has 1 saturated carbocycles. The zero-order valence-corrected chi connectivity index (χ0v) is 12.5. The molecule has 1 atom stereocenters. The van der Waals surface area contributed by atoms with E-state index in [0.29, 0.717) is 0 Å². The van der Waals surface area contributed by atoms with Gasteiger partial charge in [-0.05, 0) is 50.7 Å². The van der Waals surface area contributed by atoms with Crippen LogP contribution in [0.4, 0.5) is 0 Å². The Morgan fingerprint density at radius 1 is 1.06 bits per heavy atom. The van der Waals surface area contributed by atoms with E-state index in [9.17, 15) is 0 Å². The molecule has 0 spiro atoms. The van der Waals surface area contributed by atoms with E-state index in [-0.39, 0.29) is 0 Å². The maximum atomic E-state index is 3.64. The summed E-state index contributed by atoms with van der Waals surface area (Å²) >= 11 is 0. The van der Waals surface area contributed by atoms with Crippen LogP contribution in [0.1, 0.15) is 58.8 Å². The van der Waals surface area contributed by atoms with E-state index >= 15 is 0 Å². The zero-order valence-electron chi connectivity index (χ0n) is 12.5. The van der Waals surface area contributed by atoms with Gasteiger partial charge < -0.3 is 10.2 Å². The summed E-state index contributed by atoms with van der Waals surface area (Å²) in [5.74, 6) is 1.69. The van der Waals surface area contributed by atoms with E-state index in [1.54, 1.807) is 0 Å². The van der Waals surface area contributed by atoms with Crippen molar-refractivity contribution in [3.8, 4) is 0 Å². The van der Waals surface area contributed by atoms with Crippen LogP contribution in [-0.2, 0) is 0 Å². The van der Waals surface area contributed by atoms with E-state index in [1.165, 1.54) is 71.1 Å². The molecule has 0 amide bonds.